The van der Waals surface area contributed by atoms with Gasteiger partial charge < -0.3 is 5.32 Å². The normalized spacial score (nSPS) is 12.4. The Morgan fingerprint density at radius 3 is 2.62 bits per heavy atom. The van der Waals surface area contributed by atoms with Crippen LogP contribution < -0.4 is 5.32 Å². The van der Waals surface area contributed by atoms with Crippen molar-refractivity contribution in [2.45, 2.75) is 53.6 Å². The molecule has 1 aromatic heterocycles. The molecule has 0 aliphatic carbocycles. The summed E-state index contributed by atoms with van der Waals surface area (Å²) in [7, 11) is 0. The molecule has 1 rings (SSSR count). The van der Waals surface area contributed by atoms with Gasteiger partial charge >= 0.3 is 0 Å². The lowest BCUT2D eigenvalue weighted by atomic mass is 9.92. The van der Waals surface area contributed by atoms with Gasteiger partial charge in [-0.3, -0.25) is 0 Å². The zero-order valence-electron chi connectivity index (χ0n) is 11.1. The van der Waals surface area contributed by atoms with Crippen LogP contribution in [0.4, 0.5) is 0 Å². The maximum absolute atomic E-state index is 4.26. The van der Waals surface area contributed by atoms with Crippen LogP contribution in [-0.2, 0) is 6.54 Å². The van der Waals surface area contributed by atoms with Crippen LogP contribution >= 0.6 is 0 Å². The van der Waals surface area contributed by atoms with Gasteiger partial charge in [-0.2, -0.15) is 5.10 Å². The molecule has 0 aliphatic rings. The van der Waals surface area contributed by atoms with Gasteiger partial charge in [-0.05, 0) is 32.2 Å². The first-order valence-electron chi connectivity index (χ1n) is 5.99. The Morgan fingerprint density at radius 2 is 2.06 bits per heavy atom. The van der Waals surface area contributed by atoms with E-state index in [0.717, 1.165) is 18.9 Å². The third-order valence-electron chi connectivity index (χ3n) is 2.47. The molecule has 0 amide bonds. The second-order valence-corrected chi connectivity index (χ2v) is 5.70. The molecule has 16 heavy (non-hydrogen) atoms. The van der Waals surface area contributed by atoms with Crippen LogP contribution in [0.15, 0.2) is 6.33 Å². The Hall–Kier alpha value is -0.900. The molecule has 1 N–H and O–H groups in total. The summed E-state index contributed by atoms with van der Waals surface area (Å²) in [4.78, 5) is 4.26. The third-order valence-corrected chi connectivity index (χ3v) is 2.47. The van der Waals surface area contributed by atoms with E-state index in [9.17, 15) is 0 Å². The molecular formula is C12H24N4. The van der Waals surface area contributed by atoms with Crippen LogP contribution in [0, 0.1) is 5.41 Å². The average Bonchev–Trinajstić information content (AvgIpc) is 2.58. The maximum Gasteiger partial charge on any atom is 0.141 e. The zero-order chi connectivity index (χ0) is 12.2. The van der Waals surface area contributed by atoms with Crippen LogP contribution in [0.1, 0.15) is 52.9 Å². The van der Waals surface area contributed by atoms with Gasteiger partial charge in [0, 0.05) is 6.04 Å². The van der Waals surface area contributed by atoms with Gasteiger partial charge in [0.15, 0.2) is 0 Å². The van der Waals surface area contributed by atoms with Gasteiger partial charge in [-0.1, -0.05) is 20.8 Å². The molecule has 92 valence electrons. The first-order chi connectivity index (χ1) is 7.40. The van der Waals surface area contributed by atoms with E-state index in [4.69, 9.17) is 0 Å². The maximum atomic E-state index is 4.26. The van der Waals surface area contributed by atoms with Crippen molar-refractivity contribution in [3.05, 3.63) is 12.2 Å². The molecule has 0 spiro atoms. The van der Waals surface area contributed by atoms with Crippen LogP contribution in [-0.4, -0.2) is 21.3 Å². The highest BCUT2D eigenvalue weighted by Gasteiger charge is 2.10. The topological polar surface area (TPSA) is 42.7 Å². The van der Waals surface area contributed by atoms with Crippen LogP contribution in [0.25, 0.3) is 0 Å². The molecule has 1 aromatic rings. The zero-order valence-corrected chi connectivity index (χ0v) is 11.1. The first kappa shape index (κ1) is 13.2. The van der Waals surface area contributed by atoms with E-state index in [-0.39, 0.29) is 0 Å². The fourth-order valence-corrected chi connectivity index (χ4v) is 1.50. The number of nitrogens with one attached hydrogen (secondary N) is 1. The van der Waals surface area contributed by atoms with E-state index >= 15 is 0 Å². The predicted octanol–water partition coefficient (Wildman–Crippen LogP) is 2.38. The Balaban J connectivity index is 2.35. The molecule has 0 aromatic carbocycles. The van der Waals surface area contributed by atoms with Gasteiger partial charge in [0.1, 0.15) is 12.2 Å². The lowest BCUT2D eigenvalue weighted by Gasteiger charge is -2.18. The van der Waals surface area contributed by atoms with Gasteiger partial charge in [0.05, 0.1) is 6.54 Å². The van der Waals surface area contributed by atoms with Crippen molar-refractivity contribution >= 4 is 0 Å². The lowest BCUT2D eigenvalue weighted by molar-refractivity contribution is 0.363. The first-order valence-corrected chi connectivity index (χ1v) is 5.99. The highest BCUT2D eigenvalue weighted by atomic mass is 15.3. The van der Waals surface area contributed by atoms with E-state index in [1.807, 2.05) is 4.68 Å². The van der Waals surface area contributed by atoms with E-state index in [1.165, 1.54) is 6.42 Å². The molecule has 0 saturated heterocycles. The number of rotatable bonds is 5. The second kappa shape index (κ2) is 5.43. The van der Waals surface area contributed by atoms with Crippen molar-refractivity contribution in [3.63, 3.8) is 0 Å². The minimum Gasteiger partial charge on any atom is -0.310 e. The monoisotopic (exact) mass is 224 g/mol. The Morgan fingerprint density at radius 1 is 1.38 bits per heavy atom. The van der Waals surface area contributed by atoms with Crippen molar-refractivity contribution in [2.75, 3.05) is 6.54 Å². The Labute approximate surface area is 98.5 Å². The van der Waals surface area contributed by atoms with Crippen molar-refractivity contribution in [3.8, 4) is 0 Å². The van der Waals surface area contributed by atoms with Gasteiger partial charge in [0.25, 0.3) is 0 Å². The predicted molar refractivity (Wildman–Crippen MR) is 66.2 cm³/mol. The number of nitrogens with zero attached hydrogens (tertiary/aromatic N) is 3. The lowest BCUT2D eigenvalue weighted by Crippen LogP contribution is -2.22. The highest BCUT2D eigenvalue weighted by molar-refractivity contribution is 4.85. The average molecular weight is 224 g/mol. The molecular weight excluding hydrogens is 200 g/mol. The van der Waals surface area contributed by atoms with E-state index in [1.54, 1.807) is 6.33 Å². The summed E-state index contributed by atoms with van der Waals surface area (Å²) in [6.45, 7) is 12.8. The molecule has 0 saturated carbocycles. The molecule has 4 nitrogen and oxygen atoms in total. The summed E-state index contributed by atoms with van der Waals surface area (Å²) in [5.74, 6) is 1.02. The van der Waals surface area contributed by atoms with Crippen molar-refractivity contribution in [1.82, 2.24) is 20.1 Å². The van der Waals surface area contributed by atoms with Crippen molar-refractivity contribution in [1.29, 1.82) is 0 Å². The third kappa shape index (κ3) is 4.31. The molecule has 0 fully saturated rings. The fourth-order valence-electron chi connectivity index (χ4n) is 1.50. The minimum absolute atomic E-state index is 0.377. The quantitative estimate of drug-likeness (QED) is 0.781. The summed E-state index contributed by atoms with van der Waals surface area (Å²) in [6, 6.07) is 0.377. The van der Waals surface area contributed by atoms with Crippen LogP contribution in [0.5, 0.6) is 0 Å². The Kier molecular flexibility index (Phi) is 4.47. The molecule has 0 unspecified atom stereocenters. The van der Waals surface area contributed by atoms with Crippen LogP contribution in [0.3, 0.4) is 0 Å². The number of aromatic nitrogens is 3. The molecule has 0 radical (unpaired) electrons. The molecule has 0 atom stereocenters. The summed E-state index contributed by atoms with van der Waals surface area (Å²) < 4.78 is 1.96. The molecule has 1 heterocycles. The summed E-state index contributed by atoms with van der Waals surface area (Å²) in [5.41, 5.74) is 0.388. The fraction of sp³-hybridized carbons (Fsp3) is 0.833. The highest BCUT2D eigenvalue weighted by Crippen LogP contribution is 2.17. The van der Waals surface area contributed by atoms with Crippen molar-refractivity contribution < 1.29 is 0 Å². The van der Waals surface area contributed by atoms with Gasteiger partial charge in [0.2, 0.25) is 0 Å². The minimum atomic E-state index is 0.377. The summed E-state index contributed by atoms with van der Waals surface area (Å²) >= 11 is 0. The van der Waals surface area contributed by atoms with Crippen molar-refractivity contribution in [2.24, 2.45) is 5.41 Å². The van der Waals surface area contributed by atoms with Gasteiger partial charge in [-0.25, -0.2) is 9.67 Å². The molecule has 0 aliphatic heterocycles. The SMILES string of the molecule is CC(C)n1ncnc1CNCCC(C)(C)C. The number of hydrogen-bond acceptors (Lipinski definition) is 3. The number of hydrogen-bond donors (Lipinski definition) is 1. The summed E-state index contributed by atoms with van der Waals surface area (Å²) in [5, 5.41) is 7.63. The van der Waals surface area contributed by atoms with E-state index in [0.29, 0.717) is 11.5 Å². The standard InChI is InChI=1S/C12H24N4/c1-10(2)16-11(14-9-15-16)8-13-7-6-12(3,4)5/h9-10,13H,6-8H2,1-5H3. The molecule has 0 bridgehead atoms. The smallest absolute Gasteiger partial charge is 0.141 e. The van der Waals surface area contributed by atoms with E-state index in [2.05, 4.69) is 50.0 Å². The second-order valence-electron chi connectivity index (χ2n) is 5.70. The van der Waals surface area contributed by atoms with Crippen LogP contribution in [0.2, 0.25) is 0 Å². The van der Waals surface area contributed by atoms with Gasteiger partial charge in [-0.15, -0.1) is 0 Å². The van der Waals surface area contributed by atoms with E-state index < -0.39 is 0 Å². The Bertz CT molecular complexity index is 309. The molecule has 4 heteroatoms. The largest absolute Gasteiger partial charge is 0.310 e. The summed E-state index contributed by atoms with van der Waals surface area (Å²) in [6.07, 6.45) is 2.80.